The lowest BCUT2D eigenvalue weighted by Crippen LogP contribution is -2.42. The van der Waals surface area contributed by atoms with Gasteiger partial charge in [-0.15, -0.1) is 0 Å². The lowest BCUT2D eigenvalue weighted by molar-refractivity contribution is -0.170. The lowest BCUT2D eigenvalue weighted by atomic mass is 9.65. The second-order valence-corrected chi connectivity index (χ2v) is 5.77. The van der Waals surface area contributed by atoms with Crippen LogP contribution in [0.2, 0.25) is 0 Å². The maximum Gasteiger partial charge on any atom is 0.310 e. The topological polar surface area (TPSA) is 39.4 Å². The van der Waals surface area contributed by atoms with Crippen molar-refractivity contribution < 1.29 is 13.9 Å². The summed E-state index contributed by atoms with van der Waals surface area (Å²) in [4.78, 5) is 12.2. The van der Waals surface area contributed by atoms with E-state index in [9.17, 15) is 4.79 Å². The molecule has 3 nitrogen and oxygen atoms in total. The minimum atomic E-state index is -0.167. The van der Waals surface area contributed by atoms with Gasteiger partial charge in [0, 0.05) is 11.0 Å². The highest BCUT2D eigenvalue weighted by atomic mass is 16.5. The minimum absolute atomic E-state index is 0.0179. The lowest BCUT2D eigenvalue weighted by Gasteiger charge is -2.44. The largest absolute Gasteiger partial charge is 0.472 e. The summed E-state index contributed by atoms with van der Waals surface area (Å²) in [5.74, 6) is -0.0388. The first kappa shape index (κ1) is 11.6. The second-order valence-electron chi connectivity index (χ2n) is 5.77. The van der Waals surface area contributed by atoms with E-state index in [4.69, 9.17) is 9.15 Å². The van der Waals surface area contributed by atoms with Crippen LogP contribution in [0.1, 0.15) is 44.8 Å². The molecule has 0 radical (unpaired) electrons. The average Bonchev–Trinajstić information content (AvgIpc) is 2.80. The van der Waals surface area contributed by atoms with Crippen molar-refractivity contribution in [3.8, 4) is 0 Å². The predicted octanol–water partition coefficient (Wildman–Crippen LogP) is 3.63. The van der Waals surface area contributed by atoms with E-state index in [1.54, 1.807) is 12.5 Å². The zero-order chi connectivity index (χ0) is 12.8. The smallest absolute Gasteiger partial charge is 0.310 e. The molecule has 0 bridgehead atoms. The van der Waals surface area contributed by atoms with Gasteiger partial charge in [-0.25, -0.2) is 0 Å². The molecular weight excluding hydrogens is 228 g/mol. The normalized spacial score (nSPS) is 35.7. The third-order valence-corrected chi connectivity index (χ3v) is 4.28. The van der Waals surface area contributed by atoms with Crippen molar-refractivity contribution in [3.05, 3.63) is 35.8 Å². The summed E-state index contributed by atoms with van der Waals surface area (Å²) in [6.07, 6.45) is 8.16. The van der Waals surface area contributed by atoms with Gasteiger partial charge in [-0.05, 0) is 32.3 Å². The summed E-state index contributed by atoms with van der Waals surface area (Å²) in [6, 6.07) is 1.88. The quantitative estimate of drug-likeness (QED) is 0.561. The molecule has 18 heavy (non-hydrogen) atoms. The van der Waals surface area contributed by atoms with Crippen LogP contribution in [0.4, 0.5) is 0 Å². The van der Waals surface area contributed by atoms with Crippen molar-refractivity contribution in [2.45, 2.75) is 39.2 Å². The Bertz CT molecular complexity index is 486. The number of esters is 1. The molecule has 0 unspecified atom stereocenters. The molecule has 1 saturated heterocycles. The summed E-state index contributed by atoms with van der Waals surface area (Å²) in [5.41, 5.74) is 2.27. The number of furan rings is 1. The fraction of sp³-hybridized carbons (Fsp3) is 0.533. The molecule has 0 N–H and O–H groups in total. The molecule has 0 saturated carbocycles. The molecule has 1 aliphatic heterocycles. The molecule has 1 aromatic heterocycles. The summed E-state index contributed by atoms with van der Waals surface area (Å²) < 4.78 is 10.7. The number of rotatable bonds is 1. The molecule has 2 heterocycles. The van der Waals surface area contributed by atoms with Crippen LogP contribution >= 0.6 is 0 Å². The third kappa shape index (κ3) is 1.78. The molecule has 1 aromatic rings. The first-order valence-electron chi connectivity index (χ1n) is 6.49. The van der Waals surface area contributed by atoms with Crippen LogP contribution in [0.25, 0.3) is 0 Å². The minimum Gasteiger partial charge on any atom is -0.472 e. The van der Waals surface area contributed by atoms with E-state index in [0.29, 0.717) is 0 Å². The molecule has 3 atom stereocenters. The van der Waals surface area contributed by atoms with Crippen LogP contribution in [-0.4, -0.2) is 5.97 Å². The Morgan fingerprint density at radius 2 is 2.28 bits per heavy atom. The molecule has 1 aliphatic carbocycles. The van der Waals surface area contributed by atoms with E-state index < -0.39 is 0 Å². The van der Waals surface area contributed by atoms with Gasteiger partial charge in [-0.2, -0.15) is 0 Å². The van der Waals surface area contributed by atoms with E-state index in [1.165, 1.54) is 5.57 Å². The van der Waals surface area contributed by atoms with Gasteiger partial charge in [-0.3, -0.25) is 4.79 Å². The van der Waals surface area contributed by atoms with E-state index in [1.807, 2.05) is 6.07 Å². The van der Waals surface area contributed by atoms with E-state index in [0.717, 1.165) is 24.8 Å². The highest BCUT2D eigenvalue weighted by molar-refractivity contribution is 5.75. The molecule has 96 valence electrons. The number of cyclic esters (lactones) is 1. The van der Waals surface area contributed by atoms with Gasteiger partial charge in [0.15, 0.2) is 0 Å². The van der Waals surface area contributed by atoms with Crippen LogP contribution in [0.5, 0.6) is 0 Å². The van der Waals surface area contributed by atoms with Crippen molar-refractivity contribution in [2.75, 3.05) is 0 Å². The summed E-state index contributed by atoms with van der Waals surface area (Å²) >= 11 is 0. The highest BCUT2D eigenvalue weighted by Gasteiger charge is 2.47. The second kappa shape index (κ2) is 4.01. The van der Waals surface area contributed by atoms with Gasteiger partial charge in [0.2, 0.25) is 0 Å². The molecule has 3 rings (SSSR count). The van der Waals surface area contributed by atoms with Gasteiger partial charge in [-0.1, -0.05) is 18.6 Å². The Hall–Kier alpha value is -1.51. The number of hydrogen-bond donors (Lipinski definition) is 0. The Balaban J connectivity index is 1.93. The van der Waals surface area contributed by atoms with E-state index in [-0.39, 0.29) is 23.4 Å². The van der Waals surface area contributed by atoms with Crippen molar-refractivity contribution in [1.82, 2.24) is 0 Å². The first-order valence-corrected chi connectivity index (χ1v) is 6.49. The SMILES string of the molecule is CC1=C[C@@]2(C)C[C@@H](c3ccoc3)OC(=O)[C@H]2CC1. The number of hydrogen-bond acceptors (Lipinski definition) is 3. The molecule has 0 aromatic carbocycles. The Morgan fingerprint density at radius 3 is 3.00 bits per heavy atom. The van der Waals surface area contributed by atoms with Crippen molar-refractivity contribution >= 4 is 5.97 Å². The molecular formula is C15H18O3. The van der Waals surface area contributed by atoms with Gasteiger partial charge in [0.25, 0.3) is 0 Å². The summed E-state index contributed by atoms with van der Waals surface area (Å²) in [6.45, 7) is 4.32. The molecule has 3 heteroatoms. The van der Waals surface area contributed by atoms with Gasteiger partial charge >= 0.3 is 5.97 Å². The van der Waals surface area contributed by atoms with E-state index >= 15 is 0 Å². The van der Waals surface area contributed by atoms with Crippen LogP contribution in [0.15, 0.2) is 34.7 Å². The number of allylic oxidation sites excluding steroid dienone is 2. The third-order valence-electron chi connectivity index (χ3n) is 4.28. The van der Waals surface area contributed by atoms with Crippen molar-refractivity contribution in [1.29, 1.82) is 0 Å². The predicted molar refractivity (Wildman–Crippen MR) is 66.7 cm³/mol. The van der Waals surface area contributed by atoms with Crippen LogP contribution in [-0.2, 0) is 9.53 Å². The maximum atomic E-state index is 12.2. The van der Waals surface area contributed by atoms with Crippen molar-refractivity contribution in [2.24, 2.45) is 11.3 Å². The van der Waals surface area contributed by atoms with Gasteiger partial charge < -0.3 is 9.15 Å². The van der Waals surface area contributed by atoms with Gasteiger partial charge in [0.05, 0.1) is 18.4 Å². The maximum absolute atomic E-state index is 12.2. The molecule has 2 aliphatic rings. The number of fused-ring (bicyclic) bond motifs is 1. The standard InChI is InChI=1S/C15H18O3/c1-10-3-4-12-14(16)18-13(8-15(12,2)7-10)11-5-6-17-9-11/h5-7,9,12-13H,3-4,8H2,1-2H3/t12-,13+,15+/m1/s1. The fourth-order valence-electron chi connectivity index (χ4n) is 3.33. The summed E-state index contributed by atoms with van der Waals surface area (Å²) in [7, 11) is 0. The number of carbonyl (C=O) groups is 1. The van der Waals surface area contributed by atoms with Crippen LogP contribution < -0.4 is 0 Å². The Morgan fingerprint density at radius 1 is 1.44 bits per heavy atom. The summed E-state index contributed by atoms with van der Waals surface area (Å²) in [5, 5.41) is 0. The molecule has 0 amide bonds. The first-order chi connectivity index (χ1) is 8.58. The molecule has 0 spiro atoms. The van der Waals surface area contributed by atoms with Gasteiger partial charge in [0.1, 0.15) is 6.10 Å². The Kier molecular flexibility index (Phi) is 2.58. The monoisotopic (exact) mass is 246 g/mol. The highest BCUT2D eigenvalue weighted by Crippen LogP contribution is 2.50. The number of carbonyl (C=O) groups excluding carboxylic acids is 1. The zero-order valence-corrected chi connectivity index (χ0v) is 10.8. The van der Waals surface area contributed by atoms with Crippen LogP contribution in [0.3, 0.4) is 0 Å². The van der Waals surface area contributed by atoms with E-state index in [2.05, 4.69) is 19.9 Å². The Labute approximate surface area is 107 Å². The number of ether oxygens (including phenoxy) is 1. The van der Waals surface area contributed by atoms with Crippen LogP contribution in [0, 0.1) is 11.3 Å². The molecule has 1 fully saturated rings. The zero-order valence-electron chi connectivity index (χ0n) is 10.8. The fourth-order valence-corrected chi connectivity index (χ4v) is 3.33. The van der Waals surface area contributed by atoms with Crippen molar-refractivity contribution in [3.63, 3.8) is 0 Å². The average molecular weight is 246 g/mol.